The zero-order chi connectivity index (χ0) is 18.5. The molecule has 0 bridgehead atoms. The number of nitrogens with one attached hydrogen (secondary N) is 1. The SMILES string of the molecule is COc1ccc2c(c1)C(C)N(S(=O)(=O)c1ccc3[nH]c(=O)oc3c1)CC2. The van der Waals surface area contributed by atoms with Crippen LogP contribution in [0.3, 0.4) is 0 Å². The fraction of sp³-hybridized carbons (Fsp3) is 0.278. The van der Waals surface area contributed by atoms with Crippen LogP contribution in [0, 0.1) is 0 Å². The number of methoxy groups -OCH3 is 1. The minimum absolute atomic E-state index is 0.103. The molecule has 0 radical (unpaired) electrons. The van der Waals surface area contributed by atoms with Crippen LogP contribution in [0.5, 0.6) is 5.75 Å². The van der Waals surface area contributed by atoms with E-state index in [1.165, 1.54) is 16.4 Å². The second-order valence-electron chi connectivity index (χ2n) is 6.28. The molecule has 26 heavy (non-hydrogen) atoms. The van der Waals surface area contributed by atoms with E-state index in [1.54, 1.807) is 13.2 Å². The highest BCUT2D eigenvalue weighted by atomic mass is 32.2. The third-order valence-corrected chi connectivity index (χ3v) is 6.80. The number of aromatic amines is 1. The number of H-pyrrole nitrogens is 1. The molecule has 1 unspecified atom stereocenters. The van der Waals surface area contributed by atoms with Gasteiger partial charge in [0.25, 0.3) is 0 Å². The van der Waals surface area contributed by atoms with Gasteiger partial charge in [0.05, 0.1) is 17.5 Å². The number of ether oxygens (including phenoxy) is 1. The minimum Gasteiger partial charge on any atom is -0.497 e. The van der Waals surface area contributed by atoms with Crippen LogP contribution in [0.25, 0.3) is 11.1 Å². The summed E-state index contributed by atoms with van der Waals surface area (Å²) in [5, 5.41) is 0. The van der Waals surface area contributed by atoms with Crippen molar-refractivity contribution < 1.29 is 17.6 Å². The highest BCUT2D eigenvalue weighted by molar-refractivity contribution is 7.89. The Balaban J connectivity index is 1.76. The molecule has 1 N–H and O–H groups in total. The van der Waals surface area contributed by atoms with E-state index in [0.29, 0.717) is 24.2 Å². The molecule has 4 rings (SSSR count). The molecule has 0 fully saturated rings. The van der Waals surface area contributed by atoms with Crippen LogP contribution in [-0.2, 0) is 16.4 Å². The van der Waals surface area contributed by atoms with E-state index in [4.69, 9.17) is 9.15 Å². The third-order valence-electron chi connectivity index (χ3n) is 4.84. The number of oxazole rings is 1. The second-order valence-corrected chi connectivity index (χ2v) is 8.17. The maximum absolute atomic E-state index is 13.2. The maximum Gasteiger partial charge on any atom is 0.417 e. The van der Waals surface area contributed by atoms with Crippen molar-refractivity contribution in [3.8, 4) is 5.75 Å². The molecule has 2 aromatic carbocycles. The highest BCUT2D eigenvalue weighted by Crippen LogP contribution is 2.36. The highest BCUT2D eigenvalue weighted by Gasteiger charge is 2.34. The lowest BCUT2D eigenvalue weighted by Gasteiger charge is -2.34. The Kier molecular flexibility index (Phi) is 3.89. The van der Waals surface area contributed by atoms with Gasteiger partial charge in [0.1, 0.15) is 5.75 Å². The molecule has 1 aromatic heterocycles. The molecule has 0 saturated carbocycles. The van der Waals surface area contributed by atoms with E-state index < -0.39 is 15.8 Å². The average molecular weight is 374 g/mol. The topological polar surface area (TPSA) is 92.6 Å². The molecule has 0 aliphatic carbocycles. The first-order valence-electron chi connectivity index (χ1n) is 8.21. The standard InChI is InChI=1S/C18H18N2O5S/c1-11-15-9-13(24-2)4-3-12(15)7-8-20(11)26(22,23)14-5-6-16-17(10-14)25-18(21)19-16/h3-6,9-11H,7-8H2,1-2H3,(H,19,21). The van der Waals surface area contributed by atoms with Crippen LogP contribution in [0.4, 0.5) is 0 Å². The first-order valence-corrected chi connectivity index (χ1v) is 9.65. The largest absolute Gasteiger partial charge is 0.497 e. The fourth-order valence-corrected chi connectivity index (χ4v) is 5.07. The molecule has 1 aliphatic rings. The van der Waals surface area contributed by atoms with Crippen LogP contribution in [-0.4, -0.2) is 31.4 Å². The summed E-state index contributed by atoms with van der Waals surface area (Å²) in [7, 11) is -2.15. The van der Waals surface area contributed by atoms with Gasteiger partial charge in [-0.2, -0.15) is 4.31 Å². The van der Waals surface area contributed by atoms with Crippen molar-refractivity contribution in [2.45, 2.75) is 24.3 Å². The molecule has 0 saturated heterocycles. The minimum atomic E-state index is -3.74. The summed E-state index contributed by atoms with van der Waals surface area (Å²) in [5.74, 6) is 0.0901. The zero-order valence-corrected chi connectivity index (χ0v) is 15.2. The number of benzene rings is 2. The van der Waals surface area contributed by atoms with Gasteiger partial charge in [0, 0.05) is 18.7 Å². The Morgan fingerprint density at radius 1 is 1.23 bits per heavy atom. The van der Waals surface area contributed by atoms with Gasteiger partial charge in [-0.3, -0.25) is 4.98 Å². The average Bonchev–Trinajstić information content (AvgIpc) is 3.00. The summed E-state index contributed by atoms with van der Waals surface area (Å²) in [4.78, 5) is 13.9. The van der Waals surface area contributed by atoms with Crippen LogP contribution in [0.15, 0.2) is 50.5 Å². The van der Waals surface area contributed by atoms with Gasteiger partial charge in [0.2, 0.25) is 10.0 Å². The number of nitrogens with zero attached hydrogens (tertiary/aromatic N) is 1. The Hall–Kier alpha value is -2.58. The van der Waals surface area contributed by atoms with Gasteiger partial charge in [-0.25, -0.2) is 13.2 Å². The Bertz CT molecular complexity index is 1150. The lowest BCUT2D eigenvalue weighted by molar-refractivity contribution is 0.324. The normalized spacial score (nSPS) is 18.0. The molecule has 1 atom stereocenters. The molecule has 3 aromatic rings. The van der Waals surface area contributed by atoms with Crippen LogP contribution >= 0.6 is 0 Å². The lowest BCUT2D eigenvalue weighted by Crippen LogP contribution is -2.38. The van der Waals surface area contributed by atoms with Crippen LogP contribution in [0.1, 0.15) is 24.1 Å². The molecular formula is C18H18N2O5S. The van der Waals surface area contributed by atoms with Crippen molar-refractivity contribution in [2.75, 3.05) is 13.7 Å². The van der Waals surface area contributed by atoms with E-state index in [1.807, 2.05) is 25.1 Å². The maximum atomic E-state index is 13.2. The zero-order valence-electron chi connectivity index (χ0n) is 14.4. The van der Waals surface area contributed by atoms with Gasteiger partial charge >= 0.3 is 5.76 Å². The van der Waals surface area contributed by atoms with Crippen molar-refractivity contribution in [1.82, 2.24) is 9.29 Å². The number of hydrogen-bond acceptors (Lipinski definition) is 5. The molecule has 2 heterocycles. The summed E-state index contributed by atoms with van der Waals surface area (Å²) in [5.41, 5.74) is 2.75. The summed E-state index contributed by atoms with van der Waals surface area (Å²) in [6.45, 7) is 2.25. The molecule has 1 aliphatic heterocycles. The van der Waals surface area contributed by atoms with Crippen LogP contribution in [0.2, 0.25) is 0 Å². The monoisotopic (exact) mass is 374 g/mol. The summed E-state index contributed by atoms with van der Waals surface area (Å²) in [6, 6.07) is 9.84. The summed E-state index contributed by atoms with van der Waals surface area (Å²) >= 11 is 0. The van der Waals surface area contributed by atoms with E-state index in [-0.39, 0.29) is 16.5 Å². The third kappa shape index (κ3) is 2.62. The lowest BCUT2D eigenvalue weighted by atomic mass is 9.95. The van der Waals surface area contributed by atoms with Gasteiger partial charge in [-0.1, -0.05) is 6.07 Å². The first kappa shape index (κ1) is 16.9. The molecule has 0 spiro atoms. The molecule has 0 amide bonds. The van der Waals surface area contributed by atoms with Crippen molar-refractivity contribution in [2.24, 2.45) is 0 Å². The van der Waals surface area contributed by atoms with Crippen molar-refractivity contribution in [3.05, 3.63) is 58.1 Å². The Labute approximate surface area is 150 Å². The van der Waals surface area contributed by atoms with Gasteiger partial charge in [0.15, 0.2) is 5.58 Å². The molecule has 136 valence electrons. The smallest absolute Gasteiger partial charge is 0.417 e. The quantitative estimate of drug-likeness (QED) is 0.760. The van der Waals surface area contributed by atoms with E-state index in [0.717, 1.165) is 11.1 Å². The van der Waals surface area contributed by atoms with E-state index in [9.17, 15) is 13.2 Å². The molecule has 7 nitrogen and oxygen atoms in total. The first-order chi connectivity index (χ1) is 12.4. The number of sulfonamides is 1. The Morgan fingerprint density at radius 2 is 2.04 bits per heavy atom. The predicted molar refractivity (Wildman–Crippen MR) is 95.8 cm³/mol. The van der Waals surface area contributed by atoms with Gasteiger partial charge < -0.3 is 9.15 Å². The number of hydrogen-bond donors (Lipinski definition) is 1. The fourth-order valence-electron chi connectivity index (χ4n) is 3.45. The van der Waals surface area contributed by atoms with Crippen molar-refractivity contribution in [1.29, 1.82) is 0 Å². The Morgan fingerprint density at radius 3 is 2.81 bits per heavy atom. The van der Waals surface area contributed by atoms with E-state index in [2.05, 4.69) is 4.98 Å². The van der Waals surface area contributed by atoms with Gasteiger partial charge in [-0.05, 0) is 48.7 Å². The number of fused-ring (bicyclic) bond motifs is 2. The predicted octanol–water partition coefficient (Wildman–Crippen LogP) is 2.44. The molecule has 8 heteroatoms. The number of rotatable bonds is 3. The molecular weight excluding hydrogens is 356 g/mol. The summed E-state index contributed by atoms with van der Waals surface area (Å²) < 4.78 is 38.1. The summed E-state index contributed by atoms with van der Waals surface area (Å²) in [6.07, 6.45) is 0.629. The van der Waals surface area contributed by atoms with Crippen LogP contribution < -0.4 is 10.5 Å². The van der Waals surface area contributed by atoms with Crippen molar-refractivity contribution in [3.63, 3.8) is 0 Å². The van der Waals surface area contributed by atoms with E-state index >= 15 is 0 Å². The van der Waals surface area contributed by atoms with Crippen molar-refractivity contribution >= 4 is 21.1 Å². The second kappa shape index (κ2) is 6.00. The van der Waals surface area contributed by atoms with Gasteiger partial charge in [-0.15, -0.1) is 0 Å². The number of aromatic nitrogens is 1.